The van der Waals surface area contributed by atoms with Crippen LogP contribution < -0.4 is 10.5 Å². The van der Waals surface area contributed by atoms with Crippen molar-refractivity contribution in [1.82, 2.24) is 9.78 Å². The molecule has 0 saturated carbocycles. The summed E-state index contributed by atoms with van der Waals surface area (Å²) in [4.78, 5) is 0. The number of hydrogen-bond acceptors (Lipinski definition) is 3. The summed E-state index contributed by atoms with van der Waals surface area (Å²) in [5.41, 5.74) is 10.8. The van der Waals surface area contributed by atoms with Crippen molar-refractivity contribution in [2.24, 2.45) is 7.05 Å². The molecule has 4 nitrogen and oxygen atoms in total. The number of benzene rings is 1. The molecule has 0 aliphatic heterocycles. The maximum atomic E-state index is 5.85. The molecule has 0 unspecified atom stereocenters. The van der Waals surface area contributed by atoms with Gasteiger partial charge in [0.1, 0.15) is 12.4 Å². The highest BCUT2D eigenvalue weighted by Crippen LogP contribution is 2.25. The van der Waals surface area contributed by atoms with Crippen molar-refractivity contribution < 1.29 is 4.74 Å². The fourth-order valence-electron chi connectivity index (χ4n) is 1.92. The minimum Gasteiger partial charge on any atom is -0.487 e. The zero-order chi connectivity index (χ0) is 13.3. The van der Waals surface area contributed by atoms with Crippen LogP contribution in [0.15, 0.2) is 18.2 Å². The van der Waals surface area contributed by atoms with Crippen LogP contribution >= 0.6 is 0 Å². The Labute approximate surface area is 107 Å². The van der Waals surface area contributed by atoms with E-state index in [4.69, 9.17) is 10.5 Å². The first-order chi connectivity index (χ1) is 8.47. The molecular weight excluding hydrogens is 226 g/mol. The van der Waals surface area contributed by atoms with E-state index >= 15 is 0 Å². The minimum atomic E-state index is 0.515. The van der Waals surface area contributed by atoms with Crippen molar-refractivity contribution in [3.63, 3.8) is 0 Å². The molecule has 0 saturated heterocycles. The summed E-state index contributed by atoms with van der Waals surface area (Å²) in [6.45, 7) is 6.47. The molecule has 2 aromatic rings. The highest BCUT2D eigenvalue weighted by Gasteiger charge is 2.06. The predicted molar refractivity (Wildman–Crippen MR) is 72.6 cm³/mol. The molecule has 0 amide bonds. The average Bonchev–Trinajstić information content (AvgIpc) is 2.61. The van der Waals surface area contributed by atoms with Crippen molar-refractivity contribution in [3.8, 4) is 5.75 Å². The van der Waals surface area contributed by atoms with Gasteiger partial charge in [-0.05, 0) is 50.1 Å². The van der Waals surface area contributed by atoms with Crippen LogP contribution in [-0.2, 0) is 13.7 Å². The van der Waals surface area contributed by atoms with Gasteiger partial charge in [-0.15, -0.1) is 0 Å². The van der Waals surface area contributed by atoms with E-state index < -0.39 is 0 Å². The number of ether oxygens (including phenoxy) is 1. The van der Waals surface area contributed by atoms with Crippen LogP contribution in [0.4, 0.5) is 5.69 Å². The van der Waals surface area contributed by atoms with Gasteiger partial charge < -0.3 is 10.5 Å². The van der Waals surface area contributed by atoms with E-state index in [1.807, 2.05) is 50.7 Å². The number of hydrogen-bond donors (Lipinski definition) is 1. The molecule has 4 heteroatoms. The molecule has 18 heavy (non-hydrogen) atoms. The van der Waals surface area contributed by atoms with E-state index in [1.54, 1.807) is 0 Å². The number of anilines is 1. The Kier molecular flexibility index (Phi) is 3.28. The third kappa shape index (κ3) is 2.47. The Morgan fingerprint density at radius 1 is 1.17 bits per heavy atom. The monoisotopic (exact) mass is 245 g/mol. The molecule has 0 radical (unpaired) electrons. The highest BCUT2D eigenvalue weighted by atomic mass is 16.5. The zero-order valence-corrected chi connectivity index (χ0v) is 11.3. The lowest BCUT2D eigenvalue weighted by atomic mass is 10.1. The third-order valence-corrected chi connectivity index (χ3v) is 3.04. The van der Waals surface area contributed by atoms with E-state index in [0.29, 0.717) is 6.61 Å². The van der Waals surface area contributed by atoms with Crippen molar-refractivity contribution in [3.05, 3.63) is 40.7 Å². The molecular formula is C14H19N3O. The van der Waals surface area contributed by atoms with Crippen LogP contribution in [0.1, 0.15) is 22.5 Å². The summed E-state index contributed by atoms with van der Waals surface area (Å²) in [5.74, 6) is 0.876. The van der Waals surface area contributed by atoms with Gasteiger partial charge in [-0.1, -0.05) is 0 Å². The molecule has 1 aromatic heterocycles. The van der Waals surface area contributed by atoms with Crippen LogP contribution in [-0.4, -0.2) is 9.78 Å². The second kappa shape index (κ2) is 4.72. The summed E-state index contributed by atoms with van der Waals surface area (Å²) in [7, 11) is 1.92. The Hall–Kier alpha value is -1.97. The van der Waals surface area contributed by atoms with E-state index in [0.717, 1.165) is 34.0 Å². The van der Waals surface area contributed by atoms with Gasteiger partial charge >= 0.3 is 0 Å². The molecule has 2 N–H and O–H groups in total. The van der Waals surface area contributed by atoms with Crippen LogP contribution in [0.5, 0.6) is 5.75 Å². The normalized spacial score (nSPS) is 10.7. The van der Waals surface area contributed by atoms with Crippen molar-refractivity contribution >= 4 is 5.69 Å². The molecule has 1 aromatic carbocycles. The smallest absolute Gasteiger partial charge is 0.130 e. The van der Waals surface area contributed by atoms with Gasteiger partial charge in [0.2, 0.25) is 0 Å². The summed E-state index contributed by atoms with van der Waals surface area (Å²) in [6.07, 6.45) is 0. The lowest BCUT2D eigenvalue weighted by molar-refractivity contribution is 0.293. The number of nitrogens with zero attached hydrogens (tertiary/aromatic N) is 2. The molecule has 2 rings (SSSR count). The first kappa shape index (κ1) is 12.5. The number of nitrogens with two attached hydrogens (primary N) is 1. The van der Waals surface area contributed by atoms with E-state index in [-0.39, 0.29) is 0 Å². The van der Waals surface area contributed by atoms with E-state index in [9.17, 15) is 0 Å². The van der Waals surface area contributed by atoms with Crippen LogP contribution in [0, 0.1) is 20.8 Å². The number of nitrogen functional groups attached to an aromatic ring is 1. The van der Waals surface area contributed by atoms with Crippen molar-refractivity contribution in [2.75, 3.05) is 5.73 Å². The molecule has 0 atom stereocenters. The second-order valence-corrected chi connectivity index (χ2v) is 4.66. The second-order valence-electron chi connectivity index (χ2n) is 4.66. The van der Waals surface area contributed by atoms with Gasteiger partial charge in [0, 0.05) is 12.7 Å². The lowest BCUT2D eigenvalue weighted by Gasteiger charge is -2.11. The van der Waals surface area contributed by atoms with Crippen LogP contribution in [0.2, 0.25) is 0 Å². The third-order valence-electron chi connectivity index (χ3n) is 3.04. The Bertz CT molecular complexity index is 573. The molecule has 1 heterocycles. The van der Waals surface area contributed by atoms with Crippen molar-refractivity contribution in [2.45, 2.75) is 27.4 Å². The summed E-state index contributed by atoms with van der Waals surface area (Å²) < 4.78 is 7.68. The number of rotatable bonds is 3. The lowest BCUT2D eigenvalue weighted by Crippen LogP contribution is -2.04. The molecule has 0 spiro atoms. The predicted octanol–water partition coefficient (Wildman–Crippen LogP) is 2.51. The van der Waals surface area contributed by atoms with Crippen LogP contribution in [0.3, 0.4) is 0 Å². The molecule has 0 aliphatic rings. The fourth-order valence-corrected chi connectivity index (χ4v) is 1.92. The molecule has 96 valence electrons. The van der Waals surface area contributed by atoms with Gasteiger partial charge in [0.05, 0.1) is 11.4 Å². The Morgan fingerprint density at radius 3 is 2.50 bits per heavy atom. The Morgan fingerprint density at radius 2 is 1.89 bits per heavy atom. The maximum absolute atomic E-state index is 5.85. The van der Waals surface area contributed by atoms with Gasteiger partial charge in [0.25, 0.3) is 0 Å². The summed E-state index contributed by atoms with van der Waals surface area (Å²) in [6, 6.07) is 5.95. The zero-order valence-electron chi connectivity index (χ0n) is 11.3. The fraction of sp³-hybridized carbons (Fsp3) is 0.357. The summed E-state index contributed by atoms with van der Waals surface area (Å²) >= 11 is 0. The standard InChI is InChI=1S/C14H19N3O/c1-9-6-14(10(2)5-13(9)15)18-8-12-7-11(3)16-17(12)4/h5-7H,8,15H2,1-4H3. The Balaban J connectivity index is 2.15. The van der Waals surface area contributed by atoms with Gasteiger partial charge in [0.15, 0.2) is 0 Å². The van der Waals surface area contributed by atoms with Gasteiger partial charge in [-0.25, -0.2) is 0 Å². The topological polar surface area (TPSA) is 53.1 Å². The van der Waals surface area contributed by atoms with Gasteiger partial charge in [-0.3, -0.25) is 4.68 Å². The SMILES string of the molecule is Cc1cc(COc2cc(C)c(N)cc2C)n(C)n1. The summed E-state index contributed by atoms with van der Waals surface area (Å²) in [5, 5.41) is 4.29. The van der Waals surface area contributed by atoms with Gasteiger partial charge in [-0.2, -0.15) is 5.10 Å². The van der Waals surface area contributed by atoms with E-state index in [2.05, 4.69) is 5.10 Å². The maximum Gasteiger partial charge on any atom is 0.130 e. The molecule has 0 bridgehead atoms. The minimum absolute atomic E-state index is 0.515. The largest absolute Gasteiger partial charge is 0.487 e. The molecule has 0 fully saturated rings. The number of aryl methyl sites for hydroxylation is 4. The van der Waals surface area contributed by atoms with Crippen molar-refractivity contribution in [1.29, 1.82) is 0 Å². The first-order valence-corrected chi connectivity index (χ1v) is 5.96. The molecule has 0 aliphatic carbocycles. The van der Waals surface area contributed by atoms with E-state index in [1.165, 1.54) is 0 Å². The average molecular weight is 245 g/mol. The highest BCUT2D eigenvalue weighted by molar-refractivity contribution is 5.53. The van der Waals surface area contributed by atoms with Crippen LogP contribution in [0.25, 0.3) is 0 Å². The quantitative estimate of drug-likeness (QED) is 0.845. The number of aromatic nitrogens is 2. The first-order valence-electron chi connectivity index (χ1n) is 5.96.